The van der Waals surface area contributed by atoms with Crippen LogP contribution in [-0.2, 0) is 19.1 Å². The molecule has 0 aliphatic carbocycles. The third kappa shape index (κ3) is 5.95. The Morgan fingerprint density at radius 3 is 2.40 bits per heavy atom. The predicted molar refractivity (Wildman–Crippen MR) is 94.0 cm³/mol. The van der Waals surface area contributed by atoms with Crippen molar-refractivity contribution < 1.29 is 19.1 Å². The summed E-state index contributed by atoms with van der Waals surface area (Å²) < 4.78 is 4.39. The van der Waals surface area contributed by atoms with E-state index in [0.717, 1.165) is 25.2 Å². The van der Waals surface area contributed by atoms with Crippen LogP contribution in [0.1, 0.15) is 6.42 Å². The number of nitrogens with zero attached hydrogens (tertiary/aromatic N) is 2. The van der Waals surface area contributed by atoms with Crippen LogP contribution < -0.4 is 10.2 Å². The van der Waals surface area contributed by atoms with Crippen LogP contribution >= 0.6 is 0 Å². The molecule has 25 heavy (non-hydrogen) atoms. The summed E-state index contributed by atoms with van der Waals surface area (Å²) in [6, 6.07) is 10.1. The molecule has 7 nitrogen and oxygen atoms in total. The van der Waals surface area contributed by atoms with Crippen LogP contribution in [0.4, 0.5) is 5.69 Å². The topological polar surface area (TPSA) is 78.9 Å². The first-order valence-electron chi connectivity index (χ1n) is 8.22. The van der Waals surface area contributed by atoms with Crippen molar-refractivity contribution in [3.05, 3.63) is 42.5 Å². The number of carbonyl (C=O) groups is 3. The van der Waals surface area contributed by atoms with Crippen LogP contribution in [-0.4, -0.2) is 62.5 Å². The van der Waals surface area contributed by atoms with Gasteiger partial charge in [-0.1, -0.05) is 18.2 Å². The molecule has 0 unspecified atom stereocenters. The minimum absolute atomic E-state index is 0.0185. The highest BCUT2D eigenvalue weighted by atomic mass is 16.5. The molecule has 1 aromatic rings. The molecule has 2 amide bonds. The Morgan fingerprint density at radius 1 is 1.08 bits per heavy atom. The summed E-state index contributed by atoms with van der Waals surface area (Å²) in [5, 5.41) is 2.58. The minimum Gasteiger partial charge on any atom is -0.466 e. The number of carbonyl (C=O) groups excluding carboxylic acids is 3. The Morgan fingerprint density at radius 2 is 1.76 bits per heavy atom. The summed E-state index contributed by atoms with van der Waals surface area (Å²) in [5.41, 5.74) is 1.17. The van der Waals surface area contributed by atoms with E-state index < -0.39 is 11.9 Å². The van der Waals surface area contributed by atoms with Crippen molar-refractivity contribution in [3.63, 3.8) is 0 Å². The summed E-state index contributed by atoms with van der Waals surface area (Å²) in [7, 11) is 1.24. The van der Waals surface area contributed by atoms with Crippen molar-refractivity contribution in [2.75, 3.05) is 44.7 Å². The summed E-state index contributed by atoms with van der Waals surface area (Å²) in [6.07, 6.45) is 2.37. The molecule has 0 atom stereocenters. The molecule has 1 N–H and O–H groups in total. The van der Waals surface area contributed by atoms with Crippen molar-refractivity contribution in [3.8, 4) is 0 Å². The second-order valence-electron chi connectivity index (χ2n) is 5.60. The molecule has 1 fully saturated rings. The van der Waals surface area contributed by atoms with Gasteiger partial charge in [0.05, 0.1) is 7.11 Å². The normalized spacial score (nSPS) is 14.4. The van der Waals surface area contributed by atoms with E-state index in [1.54, 1.807) is 0 Å². The first-order valence-corrected chi connectivity index (χ1v) is 8.22. The van der Waals surface area contributed by atoms with Crippen LogP contribution in [0.3, 0.4) is 0 Å². The monoisotopic (exact) mass is 345 g/mol. The number of amides is 2. The van der Waals surface area contributed by atoms with Gasteiger partial charge in [-0.3, -0.25) is 9.59 Å². The van der Waals surface area contributed by atoms with Gasteiger partial charge in [-0.2, -0.15) is 0 Å². The Labute approximate surface area is 147 Å². The zero-order valence-electron chi connectivity index (χ0n) is 14.3. The number of ether oxygens (including phenoxy) is 1. The number of benzene rings is 1. The van der Waals surface area contributed by atoms with Gasteiger partial charge in [-0.25, -0.2) is 4.79 Å². The summed E-state index contributed by atoms with van der Waals surface area (Å²) in [6.45, 7) is 3.17. The summed E-state index contributed by atoms with van der Waals surface area (Å²) in [4.78, 5) is 38.6. The lowest BCUT2D eigenvalue weighted by molar-refractivity contribution is -0.135. The first kappa shape index (κ1) is 18.5. The molecule has 2 rings (SSSR count). The largest absolute Gasteiger partial charge is 0.466 e. The van der Waals surface area contributed by atoms with Crippen LogP contribution in [0.5, 0.6) is 0 Å². The summed E-state index contributed by atoms with van der Waals surface area (Å²) in [5.74, 6) is -1.00. The maximum absolute atomic E-state index is 12.2. The number of hydrogen-bond acceptors (Lipinski definition) is 5. The molecule has 0 aromatic heterocycles. The lowest BCUT2D eigenvalue weighted by Crippen LogP contribution is -2.49. The zero-order chi connectivity index (χ0) is 18.1. The smallest absolute Gasteiger partial charge is 0.330 e. The molecule has 1 aliphatic heterocycles. The maximum atomic E-state index is 12.2. The van der Waals surface area contributed by atoms with E-state index >= 15 is 0 Å². The average Bonchev–Trinajstić information content (AvgIpc) is 2.66. The number of esters is 1. The second-order valence-corrected chi connectivity index (χ2v) is 5.60. The lowest BCUT2D eigenvalue weighted by Gasteiger charge is -2.36. The Balaban J connectivity index is 1.68. The van der Waals surface area contributed by atoms with Crippen molar-refractivity contribution in [2.24, 2.45) is 0 Å². The molecule has 134 valence electrons. The van der Waals surface area contributed by atoms with Crippen LogP contribution in [0, 0.1) is 0 Å². The van der Waals surface area contributed by atoms with Gasteiger partial charge in [0.15, 0.2) is 0 Å². The SMILES string of the molecule is COC(=O)/C=C/C(=O)NCCC(=O)N1CCN(c2ccccc2)CC1. The van der Waals surface area contributed by atoms with E-state index in [1.165, 1.54) is 12.8 Å². The van der Waals surface area contributed by atoms with E-state index in [2.05, 4.69) is 27.1 Å². The fourth-order valence-corrected chi connectivity index (χ4v) is 2.57. The standard InChI is InChI=1S/C18H23N3O4/c1-25-18(24)8-7-16(22)19-10-9-17(23)21-13-11-20(12-14-21)15-5-3-2-4-6-15/h2-8H,9-14H2,1H3,(H,19,22)/b8-7+. The van der Waals surface area contributed by atoms with Crippen molar-refractivity contribution >= 4 is 23.5 Å². The number of piperazine rings is 1. The first-order chi connectivity index (χ1) is 12.1. The maximum Gasteiger partial charge on any atom is 0.330 e. The average molecular weight is 345 g/mol. The third-order valence-electron chi connectivity index (χ3n) is 3.96. The number of hydrogen-bond donors (Lipinski definition) is 1. The van der Waals surface area contributed by atoms with Gasteiger partial charge in [0, 0.05) is 57.0 Å². The lowest BCUT2D eigenvalue weighted by atomic mass is 10.2. The van der Waals surface area contributed by atoms with Gasteiger partial charge in [0.25, 0.3) is 0 Å². The number of nitrogens with one attached hydrogen (secondary N) is 1. The number of rotatable bonds is 6. The van der Waals surface area contributed by atoms with Crippen molar-refractivity contribution in [1.82, 2.24) is 10.2 Å². The van der Waals surface area contributed by atoms with Gasteiger partial charge >= 0.3 is 5.97 Å². The van der Waals surface area contributed by atoms with Crippen molar-refractivity contribution in [1.29, 1.82) is 0 Å². The molecule has 7 heteroatoms. The molecular formula is C18H23N3O4. The molecule has 0 bridgehead atoms. The predicted octanol–water partition coefficient (Wildman–Crippen LogP) is 0.571. The van der Waals surface area contributed by atoms with E-state index in [0.29, 0.717) is 13.1 Å². The minimum atomic E-state index is -0.595. The van der Waals surface area contributed by atoms with Crippen LogP contribution in [0.15, 0.2) is 42.5 Å². The zero-order valence-corrected chi connectivity index (χ0v) is 14.3. The Bertz CT molecular complexity index is 622. The van der Waals surface area contributed by atoms with E-state index in [4.69, 9.17) is 0 Å². The quantitative estimate of drug-likeness (QED) is 0.602. The number of methoxy groups -OCH3 is 1. The second kappa shape index (κ2) is 9.46. The Kier molecular flexibility index (Phi) is 7.00. The molecule has 1 saturated heterocycles. The molecular weight excluding hydrogens is 322 g/mol. The number of para-hydroxylation sites is 1. The van der Waals surface area contributed by atoms with Gasteiger partial charge in [-0.05, 0) is 12.1 Å². The van der Waals surface area contributed by atoms with Gasteiger partial charge < -0.3 is 19.9 Å². The van der Waals surface area contributed by atoms with Gasteiger partial charge in [-0.15, -0.1) is 0 Å². The molecule has 0 radical (unpaired) electrons. The molecule has 1 heterocycles. The van der Waals surface area contributed by atoms with Gasteiger partial charge in [0.2, 0.25) is 11.8 Å². The van der Waals surface area contributed by atoms with Crippen molar-refractivity contribution in [2.45, 2.75) is 6.42 Å². The molecule has 0 spiro atoms. The van der Waals surface area contributed by atoms with E-state index in [-0.39, 0.29) is 18.9 Å². The van der Waals surface area contributed by atoms with E-state index in [9.17, 15) is 14.4 Å². The number of anilines is 1. The fourth-order valence-electron chi connectivity index (χ4n) is 2.57. The third-order valence-corrected chi connectivity index (χ3v) is 3.96. The highest BCUT2D eigenvalue weighted by Gasteiger charge is 2.20. The van der Waals surface area contributed by atoms with Crippen LogP contribution in [0.25, 0.3) is 0 Å². The highest BCUT2D eigenvalue weighted by Crippen LogP contribution is 2.15. The molecule has 1 aromatic carbocycles. The van der Waals surface area contributed by atoms with Gasteiger partial charge in [0.1, 0.15) is 0 Å². The van der Waals surface area contributed by atoms with E-state index in [1.807, 2.05) is 23.1 Å². The molecule has 1 aliphatic rings. The summed E-state index contributed by atoms with van der Waals surface area (Å²) >= 11 is 0. The molecule has 0 saturated carbocycles. The Hall–Kier alpha value is -2.83. The van der Waals surface area contributed by atoms with Crippen LogP contribution in [0.2, 0.25) is 0 Å². The fraction of sp³-hybridized carbons (Fsp3) is 0.389. The highest BCUT2D eigenvalue weighted by molar-refractivity contribution is 5.94.